The summed E-state index contributed by atoms with van der Waals surface area (Å²) >= 11 is 0. The number of carbonyl (C=O) groups excluding carboxylic acids is 1. The highest BCUT2D eigenvalue weighted by Crippen LogP contribution is 2.17. The summed E-state index contributed by atoms with van der Waals surface area (Å²) in [6, 6.07) is 7.97. The molecule has 0 aliphatic rings. The predicted molar refractivity (Wildman–Crippen MR) is 81.6 cm³/mol. The molecule has 1 amide bonds. The first-order valence-corrected chi connectivity index (χ1v) is 6.85. The summed E-state index contributed by atoms with van der Waals surface area (Å²) in [7, 11) is 0. The number of nitrogens with zero attached hydrogens (tertiary/aromatic N) is 3. The molecule has 3 aromatic rings. The molecule has 0 bridgehead atoms. The van der Waals surface area contributed by atoms with Gasteiger partial charge in [-0.2, -0.15) is 5.10 Å². The third kappa shape index (κ3) is 2.55. The first-order valence-electron chi connectivity index (χ1n) is 6.85. The average Bonchev–Trinajstić information content (AvgIpc) is 2.84. The average molecular weight is 298 g/mol. The topological polar surface area (TPSA) is 59.3 Å². The monoisotopic (exact) mass is 298 g/mol. The van der Waals surface area contributed by atoms with Crippen LogP contribution in [0.3, 0.4) is 0 Å². The Morgan fingerprint density at radius 1 is 1.18 bits per heavy atom. The standard InChI is InChI=1S/C16H15FN4O/c1-9-4-5-12(17)13(6-9)19-16(22)14-8-11(3)21-15(18-14)7-10(2)20-21/h4-8H,1-3H3,(H,19,22). The summed E-state index contributed by atoms with van der Waals surface area (Å²) in [6.07, 6.45) is 0. The van der Waals surface area contributed by atoms with Crippen molar-refractivity contribution in [1.82, 2.24) is 14.6 Å². The minimum Gasteiger partial charge on any atom is -0.318 e. The minimum absolute atomic E-state index is 0.147. The van der Waals surface area contributed by atoms with E-state index in [1.54, 1.807) is 28.8 Å². The molecule has 0 saturated carbocycles. The fourth-order valence-electron chi connectivity index (χ4n) is 2.28. The second-order valence-electron chi connectivity index (χ2n) is 5.28. The Labute approximate surface area is 126 Å². The van der Waals surface area contributed by atoms with Gasteiger partial charge >= 0.3 is 0 Å². The number of aromatic nitrogens is 3. The van der Waals surface area contributed by atoms with Crippen molar-refractivity contribution in [3.8, 4) is 0 Å². The number of halogens is 1. The molecule has 0 saturated heterocycles. The SMILES string of the molecule is Cc1ccc(F)c(NC(=O)c2cc(C)n3nc(C)cc3n2)c1. The quantitative estimate of drug-likeness (QED) is 0.791. The second kappa shape index (κ2) is 5.22. The van der Waals surface area contributed by atoms with E-state index in [-0.39, 0.29) is 11.4 Å². The molecular weight excluding hydrogens is 283 g/mol. The zero-order valence-corrected chi connectivity index (χ0v) is 12.5. The lowest BCUT2D eigenvalue weighted by atomic mass is 10.2. The maximum Gasteiger partial charge on any atom is 0.274 e. The summed E-state index contributed by atoms with van der Waals surface area (Å²) in [5, 5.41) is 6.85. The van der Waals surface area contributed by atoms with E-state index in [1.165, 1.54) is 6.07 Å². The van der Waals surface area contributed by atoms with Crippen molar-refractivity contribution in [2.24, 2.45) is 0 Å². The Kier molecular flexibility index (Phi) is 3.36. The highest BCUT2D eigenvalue weighted by molar-refractivity contribution is 6.03. The van der Waals surface area contributed by atoms with E-state index < -0.39 is 11.7 Å². The van der Waals surface area contributed by atoms with Gasteiger partial charge in [0, 0.05) is 11.8 Å². The molecule has 0 fully saturated rings. The first-order chi connectivity index (χ1) is 10.4. The van der Waals surface area contributed by atoms with Crippen molar-refractivity contribution in [3.63, 3.8) is 0 Å². The zero-order chi connectivity index (χ0) is 15.9. The van der Waals surface area contributed by atoms with Crippen LogP contribution in [0.5, 0.6) is 0 Å². The molecule has 0 atom stereocenters. The van der Waals surface area contributed by atoms with E-state index in [1.807, 2.05) is 20.8 Å². The van der Waals surface area contributed by atoms with Crippen molar-refractivity contribution in [1.29, 1.82) is 0 Å². The number of aryl methyl sites for hydroxylation is 3. The molecule has 22 heavy (non-hydrogen) atoms. The minimum atomic E-state index is -0.475. The zero-order valence-electron chi connectivity index (χ0n) is 12.5. The predicted octanol–water partition coefficient (Wildman–Crippen LogP) is 3.05. The molecule has 2 heterocycles. The van der Waals surface area contributed by atoms with Crippen LogP contribution in [0.1, 0.15) is 27.4 Å². The van der Waals surface area contributed by atoms with Crippen LogP contribution in [-0.2, 0) is 0 Å². The molecule has 1 aromatic carbocycles. The lowest BCUT2D eigenvalue weighted by Gasteiger charge is -2.08. The third-order valence-corrected chi connectivity index (χ3v) is 3.33. The highest BCUT2D eigenvalue weighted by Gasteiger charge is 2.14. The van der Waals surface area contributed by atoms with E-state index in [4.69, 9.17) is 0 Å². The first kappa shape index (κ1) is 14.2. The summed E-state index contributed by atoms with van der Waals surface area (Å²) in [6.45, 7) is 5.53. The number of hydrogen-bond acceptors (Lipinski definition) is 3. The summed E-state index contributed by atoms with van der Waals surface area (Å²) in [5.41, 5.74) is 3.43. The Morgan fingerprint density at radius 3 is 2.73 bits per heavy atom. The largest absolute Gasteiger partial charge is 0.318 e. The van der Waals surface area contributed by atoms with Gasteiger partial charge in [0.1, 0.15) is 11.5 Å². The van der Waals surface area contributed by atoms with E-state index in [9.17, 15) is 9.18 Å². The number of rotatable bonds is 2. The van der Waals surface area contributed by atoms with Crippen molar-refractivity contribution < 1.29 is 9.18 Å². The van der Waals surface area contributed by atoms with E-state index in [0.29, 0.717) is 5.65 Å². The molecular formula is C16H15FN4O. The Balaban J connectivity index is 1.96. The molecule has 2 aromatic heterocycles. The van der Waals surface area contributed by atoms with Crippen LogP contribution in [-0.4, -0.2) is 20.5 Å². The molecule has 0 aliphatic heterocycles. The number of carbonyl (C=O) groups is 1. The highest BCUT2D eigenvalue weighted by atomic mass is 19.1. The van der Waals surface area contributed by atoms with Crippen LogP contribution >= 0.6 is 0 Å². The summed E-state index contributed by atoms with van der Waals surface area (Å²) < 4.78 is 15.4. The van der Waals surface area contributed by atoms with Crippen LogP contribution in [0.25, 0.3) is 5.65 Å². The lowest BCUT2D eigenvalue weighted by molar-refractivity contribution is 0.102. The van der Waals surface area contributed by atoms with Gasteiger partial charge in [-0.3, -0.25) is 4.79 Å². The van der Waals surface area contributed by atoms with Gasteiger partial charge in [0.05, 0.1) is 11.4 Å². The van der Waals surface area contributed by atoms with E-state index in [0.717, 1.165) is 17.0 Å². The molecule has 1 N–H and O–H groups in total. The smallest absolute Gasteiger partial charge is 0.274 e. The van der Waals surface area contributed by atoms with Gasteiger partial charge in [-0.15, -0.1) is 0 Å². The van der Waals surface area contributed by atoms with Crippen molar-refractivity contribution in [2.45, 2.75) is 20.8 Å². The normalized spacial score (nSPS) is 10.9. The Bertz CT molecular complexity index is 885. The van der Waals surface area contributed by atoms with E-state index in [2.05, 4.69) is 15.4 Å². The maximum absolute atomic E-state index is 13.7. The number of anilines is 1. The van der Waals surface area contributed by atoms with Crippen LogP contribution in [0, 0.1) is 26.6 Å². The number of hydrogen-bond donors (Lipinski definition) is 1. The van der Waals surface area contributed by atoms with Crippen LogP contribution in [0.15, 0.2) is 30.3 Å². The van der Waals surface area contributed by atoms with Crippen molar-refractivity contribution in [2.75, 3.05) is 5.32 Å². The van der Waals surface area contributed by atoms with Gasteiger partial charge in [0.2, 0.25) is 0 Å². The Morgan fingerprint density at radius 2 is 1.95 bits per heavy atom. The maximum atomic E-state index is 13.7. The van der Waals surface area contributed by atoms with Gasteiger partial charge in [0.15, 0.2) is 5.65 Å². The van der Waals surface area contributed by atoms with Crippen LogP contribution in [0.4, 0.5) is 10.1 Å². The van der Waals surface area contributed by atoms with Crippen molar-refractivity contribution >= 4 is 17.2 Å². The fourth-order valence-corrected chi connectivity index (χ4v) is 2.28. The molecule has 6 heteroatoms. The van der Waals surface area contributed by atoms with Crippen molar-refractivity contribution in [3.05, 3.63) is 58.8 Å². The molecule has 3 rings (SSSR count). The molecule has 0 radical (unpaired) electrons. The van der Waals surface area contributed by atoms with Crippen LogP contribution < -0.4 is 5.32 Å². The fraction of sp³-hybridized carbons (Fsp3) is 0.188. The lowest BCUT2D eigenvalue weighted by Crippen LogP contribution is -2.16. The van der Waals surface area contributed by atoms with Gasteiger partial charge in [-0.25, -0.2) is 13.9 Å². The molecule has 0 spiro atoms. The van der Waals surface area contributed by atoms with Crippen LogP contribution in [0.2, 0.25) is 0 Å². The van der Waals surface area contributed by atoms with Gasteiger partial charge in [-0.1, -0.05) is 6.07 Å². The van der Waals surface area contributed by atoms with Gasteiger partial charge in [0.25, 0.3) is 5.91 Å². The molecule has 0 aliphatic carbocycles. The summed E-state index contributed by atoms with van der Waals surface area (Å²) in [4.78, 5) is 16.6. The van der Waals surface area contributed by atoms with Gasteiger partial charge < -0.3 is 5.32 Å². The molecule has 5 nitrogen and oxygen atoms in total. The number of benzene rings is 1. The summed E-state index contributed by atoms with van der Waals surface area (Å²) in [5.74, 6) is -0.925. The van der Waals surface area contributed by atoms with E-state index >= 15 is 0 Å². The Hall–Kier alpha value is -2.76. The number of fused-ring (bicyclic) bond motifs is 1. The third-order valence-electron chi connectivity index (χ3n) is 3.33. The second-order valence-corrected chi connectivity index (χ2v) is 5.28. The van der Waals surface area contributed by atoms with Gasteiger partial charge in [-0.05, 0) is 44.5 Å². The number of amides is 1. The molecule has 112 valence electrons. The molecule has 0 unspecified atom stereocenters. The number of nitrogens with one attached hydrogen (secondary N) is 1.